The number of carboxylic acid groups (broad SMARTS) is 1. The van der Waals surface area contributed by atoms with Crippen molar-refractivity contribution in [2.24, 2.45) is 0 Å². The summed E-state index contributed by atoms with van der Waals surface area (Å²) < 4.78 is 44.7. The molecular weight excluding hydrogens is 365 g/mol. The molecular formula is C19H17F3O5. The van der Waals surface area contributed by atoms with E-state index in [1.165, 1.54) is 13.0 Å². The Morgan fingerprint density at radius 3 is 2.22 bits per heavy atom. The molecule has 8 heteroatoms. The normalized spacial score (nSPS) is 11.3. The van der Waals surface area contributed by atoms with Gasteiger partial charge in [0.05, 0.1) is 17.7 Å². The molecule has 0 unspecified atom stereocenters. The van der Waals surface area contributed by atoms with E-state index >= 15 is 0 Å². The Hall–Kier alpha value is -3.03. The summed E-state index contributed by atoms with van der Waals surface area (Å²) in [5.74, 6) is -2.40. The number of hydrogen-bond acceptors (Lipinski definition) is 4. The Labute approximate surface area is 153 Å². The SMILES string of the molecule is CCCOc1cc(-c2cc(C(F)(F)F)ccc2C(=O)O)c(C(C)=O)cc1O. The number of rotatable bonds is 6. The molecule has 0 aliphatic carbocycles. The number of phenols is 1. The molecule has 0 spiro atoms. The number of alkyl halides is 3. The summed E-state index contributed by atoms with van der Waals surface area (Å²) in [5.41, 5.74) is -1.92. The summed E-state index contributed by atoms with van der Waals surface area (Å²) in [7, 11) is 0. The third-order valence-electron chi connectivity index (χ3n) is 3.81. The van der Waals surface area contributed by atoms with Gasteiger partial charge in [-0.05, 0) is 54.8 Å². The highest BCUT2D eigenvalue weighted by Crippen LogP contribution is 2.39. The van der Waals surface area contributed by atoms with E-state index in [4.69, 9.17) is 4.74 Å². The van der Waals surface area contributed by atoms with Crippen molar-refractivity contribution in [3.8, 4) is 22.6 Å². The predicted octanol–water partition coefficient (Wildman–Crippen LogP) is 4.77. The first kappa shape index (κ1) is 20.3. The number of Topliss-reactive ketones (excluding diaryl/α,β-unsaturated/α-hetero) is 1. The molecule has 0 atom stereocenters. The van der Waals surface area contributed by atoms with Gasteiger partial charge >= 0.3 is 12.1 Å². The van der Waals surface area contributed by atoms with Gasteiger partial charge in [0.1, 0.15) is 0 Å². The zero-order valence-electron chi connectivity index (χ0n) is 14.6. The lowest BCUT2D eigenvalue weighted by Gasteiger charge is -2.16. The monoisotopic (exact) mass is 382 g/mol. The van der Waals surface area contributed by atoms with E-state index in [0.29, 0.717) is 18.6 Å². The number of benzene rings is 2. The van der Waals surface area contributed by atoms with E-state index in [1.54, 1.807) is 0 Å². The quantitative estimate of drug-likeness (QED) is 0.704. The zero-order chi connectivity index (χ0) is 20.4. The highest BCUT2D eigenvalue weighted by atomic mass is 19.4. The van der Waals surface area contributed by atoms with E-state index in [2.05, 4.69) is 0 Å². The third kappa shape index (κ3) is 4.39. The molecule has 144 valence electrons. The third-order valence-corrected chi connectivity index (χ3v) is 3.81. The molecule has 0 aromatic heterocycles. The second-order valence-corrected chi connectivity index (χ2v) is 5.83. The van der Waals surface area contributed by atoms with Gasteiger partial charge in [-0.2, -0.15) is 13.2 Å². The average molecular weight is 382 g/mol. The van der Waals surface area contributed by atoms with Crippen LogP contribution in [-0.2, 0) is 6.18 Å². The molecule has 0 bridgehead atoms. The Kier molecular flexibility index (Phi) is 5.78. The first-order valence-corrected chi connectivity index (χ1v) is 8.02. The van der Waals surface area contributed by atoms with Gasteiger partial charge in [-0.3, -0.25) is 4.79 Å². The molecule has 2 aromatic carbocycles. The van der Waals surface area contributed by atoms with Crippen LogP contribution in [0.5, 0.6) is 11.5 Å². The molecule has 0 heterocycles. The van der Waals surface area contributed by atoms with Crippen LogP contribution in [0.1, 0.15) is 46.5 Å². The van der Waals surface area contributed by atoms with Gasteiger partial charge in [-0.15, -0.1) is 0 Å². The van der Waals surface area contributed by atoms with Gasteiger partial charge in [-0.1, -0.05) is 6.92 Å². The van der Waals surface area contributed by atoms with Crippen LogP contribution in [0.3, 0.4) is 0 Å². The van der Waals surface area contributed by atoms with Gasteiger partial charge in [0.15, 0.2) is 17.3 Å². The smallest absolute Gasteiger partial charge is 0.416 e. The van der Waals surface area contributed by atoms with Crippen molar-refractivity contribution in [2.75, 3.05) is 6.61 Å². The van der Waals surface area contributed by atoms with Crippen molar-refractivity contribution >= 4 is 11.8 Å². The second kappa shape index (κ2) is 7.69. The topological polar surface area (TPSA) is 83.8 Å². The molecule has 0 saturated heterocycles. The maximum atomic E-state index is 13.1. The fourth-order valence-corrected chi connectivity index (χ4v) is 2.54. The second-order valence-electron chi connectivity index (χ2n) is 5.83. The fourth-order valence-electron chi connectivity index (χ4n) is 2.54. The Balaban J connectivity index is 2.81. The maximum Gasteiger partial charge on any atom is 0.416 e. The minimum Gasteiger partial charge on any atom is -0.504 e. The summed E-state index contributed by atoms with van der Waals surface area (Å²) in [5, 5.41) is 19.4. The van der Waals surface area contributed by atoms with Crippen LogP contribution in [0, 0.1) is 0 Å². The Morgan fingerprint density at radius 1 is 1.07 bits per heavy atom. The molecule has 2 N–H and O–H groups in total. The van der Waals surface area contributed by atoms with Crippen LogP contribution in [0.4, 0.5) is 13.2 Å². The molecule has 0 fully saturated rings. The lowest BCUT2D eigenvalue weighted by atomic mass is 9.91. The van der Waals surface area contributed by atoms with Crippen LogP contribution >= 0.6 is 0 Å². The zero-order valence-corrected chi connectivity index (χ0v) is 14.6. The van der Waals surface area contributed by atoms with E-state index in [0.717, 1.165) is 12.1 Å². The number of phenolic OH excluding ortho intramolecular Hbond substituents is 1. The van der Waals surface area contributed by atoms with Crippen LogP contribution in [0.2, 0.25) is 0 Å². The van der Waals surface area contributed by atoms with Crippen molar-refractivity contribution in [1.82, 2.24) is 0 Å². The van der Waals surface area contributed by atoms with E-state index in [-0.39, 0.29) is 34.8 Å². The lowest BCUT2D eigenvalue weighted by Crippen LogP contribution is -2.09. The maximum absolute atomic E-state index is 13.1. The number of halogens is 3. The van der Waals surface area contributed by atoms with Crippen molar-refractivity contribution in [3.05, 3.63) is 47.0 Å². The van der Waals surface area contributed by atoms with Gasteiger partial charge < -0.3 is 14.9 Å². The molecule has 0 aliphatic heterocycles. The fraction of sp³-hybridized carbons (Fsp3) is 0.263. The van der Waals surface area contributed by atoms with Crippen LogP contribution < -0.4 is 4.74 Å². The summed E-state index contributed by atoms with van der Waals surface area (Å²) in [6, 6.07) is 4.42. The molecule has 0 saturated carbocycles. The van der Waals surface area contributed by atoms with Crippen molar-refractivity contribution in [1.29, 1.82) is 0 Å². The number of carbonyl (C=O) groups excluding carboxylic acids is 1. The summed E-state index contributed by atoms with van der Waals surface area (Å²) in [6.07, 6.45) is -4.09. The standard InChI is InChI=1S/C19H17F3O5/c1-3-6-27-17-9-15(13(10(2)23)8-16(17)24)14-7-11(19(20,21)22)4-5-12(14)18(25)26/h4-5,7-9,24H,3,6H2,1-2H3,(H,25,26). The molecule has 0 amide bonds. The largest absolute Gasteiger partial charge is 0.504 e. The number of aromatic carboxylic acids is 1. The van der Waals surface area contributed by atoms with E-state index in [9.17, 15) is 33.0 Å². The summed E-state index contributed by atoms with van der Waals surface area (Å²) in [6.45, 7) is 3.21. The number of carbonyl (C=O) groups is 2. The highest BCUT2D eigenvalue weighted by Gasteiger charge is 2.32. The Bertz CT molecular complexity index is 888. The minimum atomic E-state index is -4.69. The van der Waals surface area contributed by atoms with Crippen LogP contribution in [0.25, 0.3) is 11.1 Å². The number of hydrogen-bond donors (Lipinski definition) is 2. The van der Waals surface area contributed by atoms with Crippen molar-refractivity contribution < 1.29 is 37.7 Å². The van der Waals surface area contributed by atoms with Gasteiger partial charge in [-0.25, -0.2) is 4.79 Å². The lowest BCUT2D eigenvalue weighted by molar-refractivity contribution is -0.137. The van der Waals surface area contributed by atoms with Gasteiger partial charge in [0.2, 0.25) is 0 Å². The minimum absolute atomic E-state index is 0.0504. The average Bonchev–Trinajstić information content (AvgIpc) is 2.58. The van der Waals surface area contributed by atoms with E-state index in [1.807, 2.05) is 6.92 Å². The Morgan fingerprint density at radius 2 is 1.70 bits per heavy atom. The first-order chi connectivity index (χ1) is 12.6. The molecule has 5 nitrogen and oxygen atoms in total. The summed E-state index contributed by atoms with van der Waals surface area (Å²) in [4.78, 5) is 23.5. The predicted molar refractivity (Wildman–Crippen MR) is 91.3 cm³/mol. The molecule has 2 rings (SSSR count). The van der Waals surface area contributed by atoms with Crippen molar-refractivity contribution in [3.63, 3.8) is 0 Å². The number of carboxylic acids is 1. The number of aromatic hydroxyl groups is 1. The molecule has 2 aromatic rings. The van der Waals surface area contributed by atoms with Crippen LogP contribution in [-0.4, -0.2) is 28.6 Å². The highest BCUT2D eigenvalue weighted by molar-refractivity contribution is 6.05. The molecule has 27 heavy (non-hydrogen) atoms. The number of ketones is 1. The summed E-state index contributed by atoms with van der Waals surface area (Å²) >= 11 is 0. The van der Waals surface area contributed by atoms with Gasteiger partial charge in [0, 0.05) is 5.56 Å². The van der Waals surface area contributed by atoms with Gasteiger partial charge in [0.25, 0.3) is 0 Å². The van der Waals surface area contributed by atoms with Crippen molar-refractivity contribution in [2.45, 2.75) is 26.4 Å². The van der Waals surface area contributed by atoms with Crippen LogP contribution in [0.15, 0.2) is 30.3 Å². The molecule has 0 aliphatic rings. The first-order valence-electron chi connectivity index (χ1n) is 8.02. The van der Waals surface area contributed by atoms with E-state index < -0.39 is 29.1 Å². The molecule has 0 radical (unpaired) electrons. The number of ether oxygens (including phenoxy) is 1.